The molecule has 0 bridgehead atoms. The molecule has 0 aliphatic carbocycles. The number of aromatic nitrogens is 4. The van der Waals surface area contributed by atoms with Gasteiger partial charge in [0.15, 0.2) is 0 Å². The number of fused-ring (bicyclic) bond motifs is 1. The van der Waals surface area contributed by atoms with Gasteiger partial charge in [0.05, 0.1) is 37.0 Å². The molecule has 1 atom stereocenters. The Labute approximate surface area is 207 Å². The van der Waals surface area contributed by atoms with Crippen LogP contribution in [0.1, 0.15) is 17.4 Å². The zero-order valence-electron chi connectivity index (χ0n) is 19.9. The number of benzene rings is 3. The lowest BCUT2D eigenvalue weighted by atomic mass is 10.1. The molecular formula is C27H26N6O3. The molecule has 2 amide bonds. The Morgan fingerprint density at radius 1 is 0.944 bits per heavy atom. The topological polar surface area (TPSA) is 117 Å². The Morgan fingerprint density at radius 3 is 2.33 bits per heavy atom. The van der Waals surface area contributed by atoms with E-state index >= 15 is 0 Å². The number of para-hydroxylation sites is 2. The molecule has 0 fully saturated rings. The van der Waals surface area contributed by atoms with Gasteiger partial charge in [0.1, 0.15) is 23.1 Å². The van der Waals surface area contributed by atoms with E-state index in [4.69, 9.17) is 14.5 Å². The molecule has 0 aliphatic heterocycles. The van der Waals surface area contributed by atoms with Crippen LogP contribution in [0.25, 0.3) is 22.3 Å². The van der Waals surface area contributed by atoms with E-state index in [1.165, 1.54) is 0 Å². The molecule has 4 N–H and O–H groups in total. The van der Waals surface area contributed by atoms with Crippen LogP contribution in [0.15, 0.2) is 78.9 Å². The van der Waals surface area contributed by atoms with Gasteiger partial charge in [0.2, 0.25) is 0 Å². The average molecular weight is 483 g/mol. The zero-order valence-corrected chi connectivity index (χ0v) is 19.9. The summed E-state index contributed by atoms with van der Waals surface area (Å²) in [4.78, 5) is 21.0. The first-order valence-electron chi connectivity index (χ1n) is 11.5. The van der Waals surface area contributed by atoms with Crippen molar-refractivity contribution in [2.24, 2.45) is 0 Å². The summed E-state index contributed by atoms with van der Waals surface area (Å²) in [6, 6.07) is 24.1. The maximum atomic E-state index is 13.0. The van der Waals surface area contributed by atoms with Gasteiger partial charge in [-0.15, -0.1) is 0 Å². The van der Waals surface area contributed by atoms with Gasteiger partial charge in [-0.2, -0.15) is 5.10 Å². The molecule has 2 heterocycles. The van der Waals surface area contributed by atoms with Gasteiger partial charge in [-0.3, -0.25) is 10.4 Å². The number of H-pyrrole nitrogens is 2. The maximum Gasteiger partial charge on any atom is 0.320 e. The summed E-state index contributed by atoms with van der Waals surface area (Å²) in [6.07, 6.45) is 0.539. The molecule has 0 saturated carbocycles. The fourth-order valence-corrected chi connectivity index (χ4v) is 3.96. The van der Waals surface area contributed by atoms with Crippen molar-refractivity contribution in [1.82, 2.24) is 25.5 Å². The van der Waals surface area contributed by atoms with Crippen molar-refractivity contribution in [3.63, 3.8) is 0 Å². The van der Waals surface area contributed by atoms with E-state index in [2.05, 4.69) is 25.8 Å². The number of aromatic amines is 2. The molecule has 0 aliphatic rings. The number of anilines is 1. The van der Waals surface area contributed by atoms with E-state index in [9.17, 15) is 4.79 Å². The summed E-state index contributed by atoms with van der Waals surface area (Å²) in [5, 5.41) is 13.1. The van der Waals surface area contributed by atoms with Gasteiger partial charge in [-0.25, -0.2) is 9.78 Å². The summed E-state index contributed by atoms with van der Waals surface area (Å²) in [6.45, 7) is 0. The number of methoxy groups -OCH3 is 2. The molecule has 5 rings (SSSR count). The van der Waals surface area contributed by atoms with E-state index in [-0.39, 0.29) is 6.03 Å². The van der Waals surface area contributed by atoms with Crippen LogP contribution in [0.5, 0.6) is 11.5 Å². The molecule has 0 spiro atoms. The first-order valence-corrected chi connectivity index (χ1v) is 11.5. The third-order valence-electron chi connectivity index (χ3n) is 5.85. The van der Waals surface area contributed by atoms with Crippen LogP contribution < -0.4 is 20.1 Å². The Morgan fingerprint density at radius 2 is 1.64 bits per heavy atom. The molecule has 3 aromatic carbocycles. The predicted molar refractivity (Wildman–Crippen MR) is 138 cm³/mol. The lowest BCUT2D eigenvalue weighted by molar-refractivity contribution is 0.248. The number of hydrogen-bond donors (Lipinski definition) is 4. The second-order valence-corrected chi connectivity index (χ2v) is 8.24. The van der Waals surface area contributed by atoms with Crippen molar-refractivity contribution in [2.45, 2.75) is 12.5 Å². The molecule has 9 heteroatoms. The van der Waals surface area contributed by atoms with E-state index in [0.717, 1.165) is 33.7 Å². The summed E-state index contributed by atoms with van der Waals surface area (Å²) < 4.78 is 10.5. The van der Waals surface area contributed by atoms with Crippen molar-refractivity contribution in [3.8, 4) is 22.8 Å². The molecule has 0 saturated heterocycles. The molecule has 0 radical (unpaired) electrons. The lowest BCUT2D eigenvalue weighted by Crippen LogP contribution is -2.34. The highest BCUT2D eigenvalue weighted by atomic mass is 16.5. The quantitative estimate of drug-likeness (QED) is 0.246. The average Bonchev–Trinajstić information content (AvgIpc) is 3.56. The van der Waals surface area contributed by atoms with Gasteiger partial charge in [-0.05, 0) is 60.5 Å². The molecule has 36 heavy (non-hydrogen) atoms. The van der Waals surface area contributed by atoms with E-state index in [0.29, 0.717) is 23.8 Å². The monoisotopic (exact) mass is 482 g/mol. The van der Waals surface area contributed by atoms with Crippen LogP contribution in [0.2, 0.25) is 0 Å². The molecule has 182 valence electrons. The third-order valence-corrected chi connectivity index (χ3v) is 5.85. The lowest BCUT2D eigenvalue weighted by Gasteiger charge is -2.17. The second-order valence-electron chi connectivity index (χ2n) is 8.24. The standard InChI is InChI=1S/C27H26N6O3/c1-35-19-11-7-17(8-12-19)15-24(26-28-21-5-3-4-6-22(21)29-26)30-27(34)31-25-16-23(32-33-25)18-9-13-20(36-2)14-10-18/h3-14,16,24H,15H2,1-2H3,(H,28,29)(H3,30,31,32,33,34). The normalized spacial score (nSPS) is 11.7. The van der Waals surface area contributed by atoms with Gasteiger partial charge < -0.3 is 19.8 Å². The Kier molecular flexibility index (Phi) is 6.53. The minimum absolute atomic E-state index is 0.376. The zero-order chi connectivity index (χ0) is 24.9. The van der Waals surface area contributed by atoms with Crippen LogP contribution >= 0.6 is 0 Å². The van der Waals surface area contributed by atoms with Gasteiger partial charge in [-0.1, -0.05) is 24.3 Å². The first-order chi connectivity index (χ1) is 17.6. The number of amides is 2. The highest BCUT2D eigenvalue weighted by Gasteiger charge is 2.20. The van der Waals surface area contributed by atoms with Crippen molar-refractivity contribution >= 4 is 22.9 Å². The van der Waals surface area contributed by atoms with Crippen LogP contribution in [-0.2, 0) is 6.42 Å². The smallest absolute Gasteiger partial charge is 0.320 e. The summed E-state index contributed by atoms with van der Waals surface area (Å²) in [7, 11) is 3.26. The number of carbonyl (C=O) groups excluding carboxylic acids is 1. The fraction of sp³-hybridized carbons (Fsp3) is 0.148. The SMILES string of the molecule is COc1ccc(CC(NC(=O)Nc2cc(-c3ccc(OC)cc3)n[nH]2)c2nc3ccccc3[nH]2)cc1. The molecule has 5 aromatic rings. The molecular weight excluding hydrogens is 456 g/mol. The minimum atomic E-state index is -0.394. The fourth-order valence-electron chi connectivity index (χ4n) is 3.96. The van der Waals surface area contributed by atoms with E-state index < -0.39 is 6.04 Å². The van der Waals surface area contributed by atoms with Gasteiger partial charge in [0.25, 0.3) is 0 Å². The number of nitrogens with zero attached hydrogens (tertiary/aromatic N) is 2. The number of carbonyl (C=O) groups is 1. The Bertz CT molecular complexity index is 1420. The van der Waals surface area contributed by atoms with Gasteiger partial charge in [0, 0.05) is 11.6 Å². The van der Waals surface area contributed by atoms with Crippen molar-refractivity contribution < 1.29 is 14.3 Å². The number of nitrogens with one attached hydrogen (secondary N) is 4. The summed E-state index contributed by atoms with van der Waals surface area (Å²) in [5.74, 6) is 2.69. The van der Waals surface area contributed by atoms with Crippen LogP contribution in [0, 0.1) is 0 Å². The number of imidazole rings is 1. The number of rotatable bonds is 8. The highest BCUT2D eigenvalue weighted by Crippen LogP contribution is 2.24. The van der Waals surface area contributed by atoms with E-state index in [1.54, 1.807) is 20.3 Å². The predicted octanol–water partition coefficient (Wildman–Crippen LogP) is 5.08. The second kappa shape index (κ2) is 10.2. The van der Waals surface area contributed by atoms with E-state index in [1.807, 2.05) is 72.8 Å². The summed E-state index contributed by atoms with van der Waals surface area (Å²) >= 11 is 0. The molecule has 2 aromatic heterocycles. The van der Waals surface area contributed by atoms with Crippen molar-refractivity contribution in [1.29, 1.82) is 0 Å². The first kappa shape index (κ1) is 23.0. The highest BCUT2D eigenvalue weighted by molar-refractivity contribution is 5.89. The number of hydrogen-bond acceptors (Lipinski definition) is 5. The summed E-state index contributed by atoms with van der Waals surface area (Å²) in [5.41, 5.74) is 4.39. The maximum absolute atomic E-state index is 13.0. The third kappa shape index (κ3) is 5.15. The Hall–Kier alpha value is -4.79. The van der Waals surface area contributed by atoms with Crippen molar-refractivity contribution in [3.05, 3.63) is 90.3 Å². The largest absolute Gasteiger partial charge is 0.497 e. The molecule has 1 unspecified atom stereocenters. The van der Waals surface area contributed by atoms with Crippen molar-refractivity contribution in [2.75, 3.05) is 19.5 Å². The van der Waals surface area contributed by atoms with Crippen LogP contribution in [0.3, 0.4) is 0 Å². The molecule has 9 nitrogen and oxygen atoms in total. The number of urea groups is 1. The minimum Gasteiger partial charge on any atom is -0.497 e. The van der Waals surface area contributed by atoms with Gasteiger partial charge >= 0.3 is 6.03 Å². The van der Waals surface area contributed by atoms with Crippen LogP contribution in [0.4, 0.5) is 10.6 Å². The van der Waals surface area contributed by atoms with Crippen LogP contribution in [-0.4, -0.2) is 40.4 Å². The number of ether oxygens (including phenoxy) is 2. The Balaban J connectivity index is 1.33.